The molecule has 2 aliphatic rings. The van der Waals surface area contributed by atoms with Gasteiger partial charge in [0.15, 0.2) is 18.0 Å². The Hall–Kier alpha value is -7.48. The van der Waals surface area contributed by atoms with Gasteiger partial charge in [0.05, 0.1) is 43.1 Å². The van der Waals surface area contributed by atoms with Gasteiger partial charge in [0.2, 0.25) is 11.8 Å². The lowest BCUT2D eigenvalue weighted by Gasteiger charge is -2.39. The quantitative estimate of drug-likeness (QED) is 0.0241. The molecular formula is C80H122N8O15S2. The van der Waals surface area contributed by atoms with Crippen molar-refractivity contribution in [1.29, 1.82) is 0 Å². The van der Waals surface area contributed by atoms with Gasteiger partial charge in [-0.3, -0.25) is 52.8 Å². The summed E-state index contributed by atoms with van der Waals surface area (Å²) in [5.74, 6) is -4.54. The van der Waals surface area contributed by atoms with Crippen LogP contribution in [0.3, 0.4) is 0 Å². The first kappa shape index (κ1) is 89.9. The second kappa shape index (κ2) is 43.4. The maximum atomic E-state index is 14.4. The number of aromatic nitrogens is 2. The molecule has 5 N–H and O–H groups in total. The normalized spacial score (nSPS) is 17.2. The molecule has 23 nitrogen and oxygen atoms in total. The van der Waals surface area contributed by atoms with E-state index in [1.54, 1.807) is 48.5 Å². The second-order valence-corrected chi connectivity index (χ2v) is 31.9. The third-order valence-corrected chi connectivity index (χ3v) is 23.1. The average molecular weight is 1500 g/mol. The maximum absolute atomic E-state index is 14.4. The van der Waals surface area contributed by atoms with Crippen LogP contribution in [0.4, 0.5) is 0 Å². The summed E-state index contributed by atoms with van der Waals surface area (Å²) in [6.07, 6.45) is 10.0. The van der Waals surface area contributed by atoms with Gasteiger partial charge in [-0.1, -0.05) is 168 Å². The van der Waals surface area contributed by atoms with Crippen molar-refractivity contribution in [1.82, 2.24) is 35.3 Å². The Morgan fingerprint density at radius 3 is 1.29 bits per heavy atom. The number of methoxy groups -OCH3 is 2. The Kier molecular flexibility index (Phi) is 37.1. The number of hydrogen-bond donors (Lipinski definition) is 4. The molecule has 0 radical (unpaired) electrons. The lowest BCUT2D eigenvalue weighted by molar-refractivity contribution is -0.150. The van der Waals surface area contributed by atoms with Gasteiger partial charge < -0.3 is 50.2 Å². The van der Waals surface area contributed by atoms with E-state index in [0.717, 1.165) is 75.3 Å². The first-order valence-corrected chi connectivity index (χ1v) is 39.1. The Morgan fingerprint density at radius 2 is 0.952 bits per heavy atom. The van der Waals surface area contributed by atoms with Gasteiger partial charge in [0, 0.05) is 88.1 Å². The molecule has 105 heavy (non-hydrogen) atoms. The predicted octanol–water partition coefficient (Wildman–Crippen LogP) is 12.8. The van der Waals surface area contributed by atoms with Crippen molar-refractivity contribution >= 4 is 81.9 Å². The lowest BCUT2D eigenvalue weighted by Crippen LogP contribution is -2.51. The number of esters is 4. The number of aliphatic carboxylic acids is 1. The van der Waals surface area contributed by atoms with E-state index in [0.29, 0.717) is 42.1 Å². The van der Waals surface area contributed by atoms with E-state index in [2.05, 4.69) is 20.6 Å². The fraction of sp³-hybridized carbons (Fsp3) is 0.650. The molecule has 2 saturated carbocycles. The highest BCUT2D eigenvalue weighted by Crippen LogP contribution is 2.40. The van der Waals surface area contributed by atoms with Crippen LogP contribution in [0.5, 0.6) is 0 Å². The number of carboxylic acids is 1. The fourth-order valence-corrected chi connectivity index (χ4v) is 15.7. The Labute approximate surface area is 632 Å². The molecule has 2 aromatic heterocycles. The highest BCUT2D eigenvalue weighted by atomic mass is 32.1. The third kappa shape index (κ3) is 27.1. The number of likely N-dealkylation sites (N-methyl/N-ethyl adjacent to an activating group) is 2. The molecule has 0 aliphatic heterocycles. The first-order valence-electron chi connectivity index (χ1n) is 37.3. The molecule has 2 aliphatic carbocycles. The molecule has 0 spiro atoms. The van der Waals surface area contributed by atoms with E-state index in [4.69, 9.17) is 29.8 Å². The lowest BCUT2D eigenvalue weighted by atomic mass is 9.79. The fourth-order valence-electron chi connectivity index (χ4n) is 14.1. The van der Waals surface area contributed by atoms with Crippen LogP contribution in [0, 0.1) is 46.8 Å². The third-order valence-electron chi connectivity index (χ3n) is 21.2. The van der Waals surface area contributed by atoms with Gasteiger partial charge in [-0.15, -0.1) is 22.7 Å². The van der Waals surface area contributed by atoms with E-state index >= 15 is 0 Å². The van der Waals surface area contributed by atoms with Crippen LogP contribution in [0.2, 0.25) is 0 Å². The Morgan fingerprint density at radius 1 is 0.571 bits per heavy atom. The molecule has 0 saturated heterocycles. The SMILES string of the molecule is CC1(C(=O)O)CCCC1.CC[C@H](C)[C@H](CC(=O)C1(N(C)C)CCCC1)C(=O)N(C)[C@H](C[C@@H](OC(C)=O)c1nc(C(=O)N[C@@H](Cc2ccccc2)C[C@H](C)C(=O)OC)cs1)C(C)C.CC[C@H](C)[C@H](N)C(=O)N(C)[C@H](C[C@@H](OC(C)=O)c1nc(C(=O)N[C@@H](Cc2ccccc2)C[C@H](C)C(=O)OC)cs1)C(C)C. The molecule has 2 fully saturated rings. The molecule has 6 rings (SSSR count). The van der Waals surface area contributed by atoms with Gasteiger partial charge in [0.25, 0.3) is 11.8 Å². The number of carbonyl (C=O) groups excluding carboxylic acids is 9. The summed E-state index contributed by atoms with van der Waals surface area (Å²) in [6.45, 7) is 24.1. The summed E-state index contributed by atoms with van der Waals surface area (Å²) in [4.78, 5) is 142. The van der Waals surface area contributed by atoms with E-state index in [9.17, 15) is 47.9 Å². The minimum Gasteiger partial charge on any atom is -0.481 e. The molecule has 0 bridgehead atoms. The van der Waals surface area contributed by atoms with Crippen molar-refractivity contribution in [2.75, 3.05) is 42.4 Å². The minimum atomic E-state index is -0.805. The maximum Gasteiger partial charge on any atom is 0.309 e. The molecule has 25 heteroatoms. The van der Waals surface area contributed by atoms with E-state index in [1.807, 2.05) is 142 Å². The summed E-state index contributed by atoms with van der Waals surface area (Å²) in [6, 6.07) is 17.4. The zero-order valence-corrected chi connectivity index (χ0v) is 67.5. The number of hydrogen-bond acceptors (Lipinski definition) is 20. The van der Waals surface area contributed by atoms with Crippen molar-refractivity contribution < 1.29 is 72.0 Å². The van der Waals surface area contributed by atoms with Crippen LogP contribution < -0.4 is 16.4 Å². The van der Waals surface area contributed by atoms with Crippen LogP contribution >= 0.6 is 22.7 Å². The number of rotatable bonds is 37. The summed E-state index contributed by atoms with van der Waals surface area (Å²) in [5.41, 5.74) is 7.73. The molecule has 2 heterocycles. The van der Waals surface area contributed by atoms with Crippen LogP contribution in [0.15, 0.2) is 71.4 Å². The van der Waals surface area contributed by atoms with Crippen molar-refractivity contribution in [2.45, 2.75) is 247 Å². The number of benzene rings is 2. The number of Topliss-reactive ketones (excluding diaryl/α,β-unsaturated/α-hetero) is 1. The molecular weight excluding hydrogens is 1380 g/mol. The summed E-state index contributed by atoms with van der Waals surface area (Å²) in [7, 11) is 10.1. The van der Waals surface area contributed by atoms with E-state index < -0.39 is 71.3 Å². The zero-order valence-electron chi connectivity index (χ0n) is 65.8. The van der Waals surface area contributed by atoms with Crippen LogP contribution in [0.25, 0.3) is 0 Å². The molecule has 4 amide bonds. The monoisotopic (exact) mass is 1500 g/mol. The smallest absolute Gasteiger partial charge is 0.309 e. The molecule has 0 unspecified atom stereocenters. The number of nitrogens with zero attached hydrogens (tertiary/aromatic N) is 5. The van der Waals surface area contributed by atoms with Gasteiger partial charge in [-0.25, -0.2) is 9.97 Å². The largest absolute Gasteiger partial charge is 0.481 e. The number of carboxylic acid groups (broad SMARTS) is 1. The van der Waals surface area contributed by atoms with Gasteiger partial charge in [0.1, 0.15) is 21.4 Å². The van der Waals surface area contributed by atoms with Crippen molar-refractivity contribution in [2.24, 2.45) is 52.6 Å². The number of nitrogens with two attached hydrogens (primary N) is 1. The zero-order chi connectivity index (χ0) is 78.6. The van der Waals surface area contributed by atoms with Crippen molar-refractivity contribution in [3.05, 3.63) is 104 Å². The van der Waals surface area contributed by atoms with Gasteiger partial charge in [-0.05, 0) is 107 Å². The number of ether oxygens (including phenoxy) is 4. The van der Waals surface area contributed by atoms with E-state index in [1.165, 1.54) is 50.7 Å². The highest BCUT2D eigenvalue weighted by molar-refractivity contribution is 7.10. The number of ketones is 1. The van der Waals surface area contributed by atoms with Crippen molar-refractivity contribution in [3.63, 3.8) is 0 Å². The predicted molar refractivity (Wildman–Crippen MR) is 409 cm³/mol. The standard InChI is InChI=1S/C41H62N4O7S.C32H48N4O6S.C7H12O2/c1-11-27(4)32(23-36(47)41(44(7)8)19-15-16-20-41)39(49)45(9)34(26(2)3)24-35(52-29(6)46)38-43-33(25-53-38)37(48)42-31(21-28(5)40(50)51-10)22-30-17-13-12-14-18-30;1-9-20(4)28(33)31(39)36(7)26(19(2)3)17-27(42-22(6)37)30-35-25(18-43-30)29(38)34-24(15-21(5)32(40)41-8)16-23-13-11-10-12-14-23;1-7(6(8)9)4-2-3-5-7/h12-14,17-18,25-28,31-32,34-35H,11,15-16,19-24H2,1-10H3,(H,42,48);10-14,18-21,24,26-28H,9,15-17,33H2,1-8H3,(H,34,38);2-5H2,1H3,(H,8,9)/t27-,28-,31+,32-,34+,35+;20-,21-,24+,26+,27+,28-;/m00./s1. The van der Waals surface area contributed by atoms with Crippen molar-refractivity contribution in [3.8, 4) is 0 Å². The molecule has 12 atom stereocenters. The Bertz CT molecular complexity index is 3420. The molecule has 584 valence electrons. The van der Waals surface area contributed by atoms with Crippen LogP contribution in [-0.2, 0) is 70.1 Å². The van der Waals surface area contributed by atoms with Gasteiger partial charge in [-0.2, -0.15) is 0 Å². The minimum absolute atomic E-state index is 0.00653. The number of thiazole rings is 2. The first-order chi connectivity index (χ1) is 49.5. The highest BCUT2D eigenvalue weighted by Gasteiger charge is 2.46. The van der Waals surface area contributed by atoms with E-state index in [-0.39, 0.29) is 107 Å². The molecule has 4 aromatic rings. The summed E-state index contributed by atoms with van der Waals surface area (Å²) < 4.78 is 21.3. The van der Waals surface area contributed by atoms with Gasteiger partial charge >= 0.3 is 29.8 Å². The number of carbonyl (C=O) groups is 10. The average Bonchev–Trinajstić information content (AvgIpc) is 1.78. The van der Waals surface area contributed by atoms with Crippen LogP contribution in [0.1, 0.15) is 241 Å². The number of amides is 4. The molecule has 2 aromatic carbocycles. The summed E-state index contributed by atoms with van der Waals surface area (Å²) in [5, 5.41) is 18.9. The van der Waals surface area contributed by atoms with Crippen LogP contribution in [-0.4, -0.2) is 167 Å². The summed E-state index contributed by atoms with van der Waals surface area (Å²) >= 11 is 2.44. The topological polar surface area (TPSA) is 313 Å². The second-order valence-electron chi connectivity index (χ2n) is 30.1. The number of nitrogens with one attached hydrogen (secondary N) is 2. The Balaban J connectivity index is 0.000000402.